The minimum absolute atomic E-state index is 0.224. The maximum Gasteiger partial charge on any atom is 0.250 e. The van der Waals surface area contributed by atoms with Gasteiger partial charge in [0.05, 0.1) is 6.10 Å². The van der Waals surface area contributed by atoms with Crippen LogP contribution in [0.25, 0.3) is 12.2 Å². The van der Waals surface area contributed by atoms with Gasteiger partial charge in [0.2, 0.25) is 0 Å². The van der Waals surface area contributed by atoms with E-state index in [4.69, 9.17) is 15.0 Å². The molecule has 2 heterocycles. The summed E-state index contributed by atoms with van der Waals surface area (Å²) in [6.07, 6.45) is 8.08. The maximum absolute atomic E-state index is 5.74. The van der Waals surface area contributed by atoms with Crippen molar-refractivity contribution >= 4 is 17.8 Å². The standard InChI is InChI=1S/C16H19N3O2/c17-13-5-3-4-12(10-13)7-8-16-18-15(19-21-16)11-14-6-1-2-9-20-14/h3-5,7-8,10,14H,1-2,6,9,11,17H2/b8-7+. The van der Waals surface area contributed by atoms with Crippen molar-refractivity contribution in [1.82, 2.24) is 10.1 Å². The van der Waals surface area contributed by atoms with E-state index in [2.05, 4.69) is 10.1 Å². The van der Waals surface area contributed by atoms with Gasteiger partial charge in [-0.05, 0) is 43.0 Å². The van der Waals surface area contributed by atoms with E-state index in [1.807, 2.05) is 30.3 Å². The van der Waals surface area contributed by atoms with Gasteiger partial charge in [-0.15, -0.1) is 0 Å². The van der Waals surface area contributed by atoms with Crippen molar-refractivity contribution in [3.8, 4) is 0 Å². The van der Waals surface area contributed by atoms with Crippen LogP contribution in [0, 0.1) is 0 Å². The quantitative estimate of drug-likeness (QED) is 0.874. The van der Waals surface area contributed by atoms with Gasteiger partial charge in [-0.1, -0.05) is 17.3 Å². The van der Waals surface area contributed by atoms with Crippen LogP contribution in [0.4, 0.5) is 5.69 Å². The first-order valence-corrected chi connectivity index (χ1v) is 7.27. The minimum Gasteiger partial charge on any atom is -0.399 e. The Balaban J connectivity index is 1.62. The van der Waals surface area contributed by atoms with Gasteiger partial charge in [-0.25, -0.2) is 0 Å². The molecule has 1 aromatic carbocycles. The molecule has 0 amide bonds. The lowest BCUT2D eigenvalue weighted by Gasteiger charge is -2.20. The zero-order chi connectivity index (χ0) is 14.5. The molecule has 1 saturated heterocycles. The lowest BCUT2D eigenvalue weighted by atomic mass is 10.1. The summed E-state index contributed by atoms with van der Waals surface area (Å²) in [5.74, 6) is 1.21. The van der Waals surface area contributed by atoms with Crippen LogP contribution in [0.15, 0.2) is 28.8 Å². The normalized spacial score (nSPS) is 19.1. The maximum atomic E-state index is 5.74. The second kappa shape index (κ2) is 6.54. The molecule has 21 heavy (non-hydrogen) atoms. The molecule has 1 fully saturated rings. The van der Waals surface area contributed by atoms with E-state index in [1.165, 1.54) is 6.42 Å². The number of hydrogen-bond donors (Lipinski definition) is 1. The predicted octanol–water partition coefficient (Wildman–Crippen LogP) is 2.93. The third-order valence-electron chi connectivity index (χ3n) is 3.50. The molecule has 2 aromatic rings. The SMILES string of the molecule is Nc1cccc(/C=C/c2nc(CC3CCCCO3)no2)c1. The molecule has 110 valence electrons. The van der Waals surface area contributed by atoms with Crippen molar-refractivity contribution in [2.24, 2.45) is 0 Å². The Labute approximate surface area is 123 Å². The highest BCUT2D eigenvalue weighted by molar-refractivity contribution is 5.67. The smallest absolute Gasteiger partial charge is 0.250 e. The fraction of sp³-hybridized carbons (Fsp3) is 0.375. The molecular weight excluding hydrogens is 266 g/mol. The number of hydrogen-bond acceptors (Lipinski definition) is 5. The molecule has 1 atom stereocenters. The van der Waals surface area contributed by atoms with Crippen molar-refractivity contribution in [1.29, 1.82) is 0 Å². The van der Waals surface area contributed by atoms with E-state index in [0.29, 0.717) is 11.7 Å². The van der Waals surface area contributed by atoms with Gasteiger partial charge in [0, 0.05) is 24.8 Å². The fourth-order valence-corrected chi connectivity index (χ4v) is 2.42. The van der Waals surface area contributed by atoms with Gasteiger partial charge in [-0.3, -0.25) is 0 Å². The molecular formula is C16H19N3O2. The first kappa shape index (κ1) is 13.8. The van der Waals surface area contributed by atoms with Crippen molar-refractivity contribution in [2.75, 3.05) is 12.3 Å². The lowest BCUT2D eigenvalue weighted by Crippen LogP contribution is -2.21. The molecule has 0 saturated carbocycles. The van der Waals surface area contributed by atoms with Crippen LogP contribution in [0.5, 0.6) is 0 Å². The Morgan fingerprint density at radius 3 is 3.05 bits per heavy atom. The number of anilines is 1. The number of nitrogen functional groups attached to an aromatic ring is 1. The molecule has 2 N–H and O–H groups in total. The second-order valence-electron chi connectivity index (χ2n) is 5.25. The van der Waals surface area contributed by atoms with Crippen molar-refractivity contribution in [3.63, 3.8) is 0 Å². The van der Waals surface area contributed by atoms with E-state index in [9.17, 15) is 0 Å². The first-order chi connectivity index (χ1) is 10.3. The average Bonchev–Trinajstić information content (AvgIpc) is 2.94. The summed E-state index contributed by atoms with van der Waals surface area (Å²) in [4.78, 5) is 4.37. The first-order valence-electron chi connectivity index (χ1n) is 7.27. The van der Waals surface area contributed by atoms with Crippen LogP contribution in [0.2, 0.25) is 0 Å². The van der Waals surface area contributed by atoms with Gasteiger partial charge in [0.25, 0.3) is 5.89 Å². The van der Waals surface area contributed by atoms with Crippen LogP contribution < -0.4 is 5.73 Å². The lowest BCUT2D eigenvalue weighted by molar-refractivity contribution is 0.0153. The molecule has 1 unspecified atom stereocenters. The fourth-order valence-electron chi connectivity index (χ4n) is 2.42. The average molecular weight is 285 g/mol. The van der Waals surface area contributed by atoms with Gasteiger partial charge in [0.1, 0.15) is 0 Å². The molecule has 5 nitrogen and oxygen atoms in total. The van der Waals surface area contributed by atoms with E-state index in [1.54, 1.807) is 6.08 Å². The van der Waals surface area contributed by atoms with Crippen molar-refractivity contribution in [2.45, 2.75) is 31.8 Å². The van der Waals surface area contributed by atoms with Crippen LogP contribution in [-0.2, 0) is 11.2 Å². The van der Waals surface area contributed by atoms with Crippen LogP contribution in [0.3, 0.4) is 0 Å². The number of benzene rings is 1. The van der Waals surface area contributed by atoms with Gasteiger partial charge >= 0.3 is 0 Å². The van der Waals surface area contributed by atoms with Crippen LogP contribution >= 0.6 is 0 Å². The van der Waals surface area contributed by atoms with E-state index >= 15 is 0 Å². The molecule has 0 aliphatic carbocycles. The summed E-state index contributed by atoms with van der Waals surface area (Å²) in [7, 11) is 0. The highest BCUT2D eigenvalue weighted by Gasteiger charge is 2.17. The molecule has 5 heteroatoms. The minimum atomic E-state index is 0.224. The summed E-state index contributed by atoms with van der Waals surface area (Å²) in [6, 6.07) is 7.63. The zero-order valence-electron chi connectivity index (χ0n) is 11.9. The molecule has 1 aliphatic rings. The largest absolute Gasteiger partial charge is 0.399 e. The van der Waals surface area contributed by atoms with Gasteiger partial charge < -0.3 is 15.0 Å². The zero-order valence-corrected chi connectivity index (χ0v) is 11.9. The summed E-state index contributed by atoms with van der Waals surface area (Å²) in [5.41, 5.74) is 7.48. The monoisotopic (exact) mass is 285 g/mol. The third kappa shape index (κ3) is 3.92. The summed E-state index contributed by atoms with van der Waals surface area (Å²) < 4.78 is 10.9. The van der Waals surface area contributed by atoms with Gasteiger partial charge in [0.15, 0.2) is 5.82 Å². The highest BCUT2D eigenvalue weighted by atomic mass is 16.5. The Bertz CT molecular complexity index is 615. The second-order valence-corrected chi connectivity index (χ2v) is 5.25. The Kier molecular flexibility index (Phi) is 4.31. The molecule has 1 aliphatic heterocycles. The van der Waals surface area contributed by atoms with Crippen molar-refractivity contribution < 1.29 is 9.26 Å². The molecule has 0 radical (unpaired) electrons. The molecule has 0 spiro atoms. The van der Waals surface area contributed by atoms with E-state index < -0.39 is 0 Å². The number of nitrogens with zero attached hydrogens (tertiary/aromatic N) is 2. The number of aromatic nitrogens is 2. The Morgan fingerprint density at radius 1 is 1.29 bits per heavy atom. The predicted molar refractivity (Wildman–Crippen MR) is 81.4 cm³/mol. The van der Waals surface area contributed by atoms with Crippen molar-refractivity contribution in [3.05, 3.63) is 41.5 Å². The van der Waals surface area contributed by atoms with E-state index in [-0.39, 0.29) is 6.10 Å². The molecule has 0 bridgehead atoms. The Morgan fingerprint density at radius 2 is 2.24 bits per heavy atom. The number of rotatable bonds is 4. The van der Waals surface area contributed by atoms with Crippen LogP contribution in [0.1, 0.15) is 36.5 Å². The number of nitrogens with two attached hydrogens (primary N) is 1. The molecule has 1 aromatic heterocycles. The van der Waals surface area contributed by atoms with Crippen LogP contribution in [-0.4, -0.2) is 22.9 Å². The summed E-state index contributed by atoms with van der Waals surface area (Å²) in [6.45, 7) is 0.838. The van der Waals surface area contributed by atoms with Gasteiger partial charge in [-0.2, -0.15) is 4.98 Å². The molecule has 3 rings (SSSR count). The Hall–Kier alpha value is -2.14. The summed E-state index contributed by atoms with van der Waals surface area (Å²) in [5, 5.41) is 4.00. The third-order valence-corrected chi connectivity index (χ3v) is 3.50. The van der Waals surface area contributed by atoms with E-state index in [0.717, 1.165) is 37.1 Å². The summed E-state index contributed by atoms with van der Waals surface area (Å²) >= 11 is 0. The number of ether oxygens (including phenoxy) is 1. The topological polar surface area (TPSA) is 74.2 Å². The highest BCUT2D eigenvalue weighted by Crippen LogP contribution is 2.16.